The van der Waals surface area contributed by atoms with Gasteiger partial charge < -0.3 is 30.8 Å². The van der Waals surface area contributed by atoms with Crippen molar-refractivity contribution in [2.75, 3.05) is 13.2 Å². The van der Waals surface area contributed by atoms with E-state index in [1.165, 1.54) is 18.3 Å². The van der Waals surface area contributed by atoms with E-state index in [9.17, 15) is 38.7 Å². The summed E-state index contributed by atoms with van der Waals surface area (Å²) in [4.78, 5) is 13.1. The van der Waals surface area contributed by atoms with Gasteiger partial charge in [-0.1, -0.05) is 56.5 Å². The molecule has 2 heterocycles. The molecule has 1 aliphatic heterocycles. The number of rotatable bonds is 16. The summed E-state index contributed by atoms with van der Waals surface area (Å²) in [6.07, 6.45) is 0.520. The summed E-state index contributed by atoms with van der Waals surface area (Å²) in [6.45, 7) is 5.97. The molecule has 2 aromatic rings. The molecule has 0 radical (unpaired) electrons. The molecule has 3 rings (SSSR count). The summed E-state index contributed by atoms with van der Waals surface area (Å²) < 4.78 is 29.4. The fraction of sp³-hybridized carbons (Fsp3) is 0.643. The molecule has 0 bridgehead atoms. The Morgan fingerprint density at radius 3 is 2.43 bits per heavy atom. The highest BCUT2D eigenvalue weighted by Crippen LogP contribution is 2.21. The minimum absolute atomic E-state index is 0.0664. The van der Waals surface area contributed by atoms with Gasteiger partial charge >= 0.3 is 0 Å². The van der Waals surface area contributed by atoms with Crippen molar-refractivity contribution in [3.63, 3.8) is 0 Å². The number of hydrazone groups is 1. The van der Waals surface area contributed by atoms with Crippen molar-refractivity contribution in [3.05, 3.63) is 41.2 Å². The lowest BCUT2D eigenvalue weighted by Crippen LogP contribution is -2.61. The first-order valence-electron chi connectivity index (χ1n) is 14.7. The normalized spacial score (nSPS) is 22.9. The minimum atomic E-state index is -4.12. The maximum absolute atomic E-state index is 13.2. The van der Waals surface area contributed by atoms with Gasteiger partial charge in [0.05, 0.1) is 66.9 Å². The van der Waals surface area contributed by atoms with Crippen molar-refractivity contribution in [2.24, 2.45) is 11.0 Å². The van der Waals surface area contributed by atoms with Gasteiger partial charge in [-0.15, -0.1) is 5.10 Å². The lowest BCUT2D eigenvalue weighted by atomic mass is 9.88. The summed E-state index contributed by atoms with van der Waals surface area (Å²) in [5.41, 5.74) is 1.43. The number of nitrogens with one attached hydrogen (secondary N) is 3. The number of nitrogens with zero attached hydrogens (tertiary/aromatic N) is 4. The van der Waals surface area contributed by atoms with E-state index in [-0.39, 0.29) is 18.0 Å². The number of aliphatic hydroxyl groups is 5. The van der Waals surface area contributed by atoms with Crippen molar-refractivity contribution in [1.82, 2.24) is 30.5 Å². The number of carbonyl (C=O) groups is 1. The smallest absolute Gasteiger partial charge is 0.276 e. The number of sulfonamides is 1. The third-order valence-electron chi connectivity index (χ3n) is 7.78. The number of benzene rings is 1. The highest BCUT2D eigenvalue weighted by molar-refractivity contribution is 7.89. The van der Waals surface area contributed by atoms with Gasteiger partial charge in [0.25, 0.3) is 5.91 Å². The molecule has 246 valence electrons. The molecule has 2 unspecified atom stereocenters. The molecule has 6 atom stereocenters. The Labute approximate surface area is 257 Å². The second-order valence-electron chi connectivity index (χ2n) is 11.6. The van der Waals surface area contributed by atoms with Gasteiger partial charge in [-0.3, -0.25) is 4.79 Å². The fourth-order valence-corrected chi connectivity index (χ4v) is 6.04. The monoisotopic (exact) mass is 639 g/mol. The molecule has 1 fully saturated rings. The van der Waals surface area contributed by atoms with E-state index in [2.05, 4.69) is 37.8 Å². The maximum atomic E-state index is 13.2. The summed E-state index contributed by atoms with van der Waals surface area (Å²) in [5, 5.41) is 67.2. The highest BCUT2D eigenvalue weighted by atomic mass is 32.2. The third-order valence-corrected chi connectivity index (χ3v) is 9.20. The van der Waals surface area contributed by atoms with Crippen LogP contribution in [0.25, 0.3) is 0 Å². The van der Waals surface area contributed by atoms with E-state index in [1.807, 2.05) is 0 Å². The van der Waals surface area contributed by atoms with Gasteiger partial charge in [-0.05, 0) is 37.8 Å². The Morgan fingerprint density at radius 1 is 1.18 bits per heavy atom. The van der Waals surface area contributed by atoms with Crippen LogP contribution in [0.3, 0.4) is 0 Å². The molecule has 1 saturated heterocycles. The van der Waals surface area contributed by atoms with Crippen LogP contribution in [0.5, 0.6) is 0 Å². The molecule has 15 nitrogen and oxygen atoms in total. The zero-order chi connectivity index (χ0) is 32.7. The molecule has 1 amide bonds. The Morgan fingerprint density at radius 2 is 1.84 bits per heavy atom. The van der Waals surface area contributed by atoms with Crippen LogP contribution in [-0.2, 0) is 27.8 Å². The van der Waals surface area contributed by atoms with Crippen molar-refractivity contribution >= 4 is 22.1 Å². The van der Waals surface area contributed by atoms with Crippen molar-refractivity contribution in [2.45, 2.75) is 101 Å². The minimum Gasteiger partial charge on any atom is -0.395 e. The zero-order valence-electron chi connectivity index (χ0n) is 25.5. The highest BCUT2D eigenvalue weighted by Gasteiger charge is 2.46. The van der Waals surface area contributed by atoms with Gasteiger partial charge in [0.15, 0.2) is 5.60 Å². The van der Waals surface area contributed by atoms with Crippen LogP contribution in [0.2, 0.25) is 0 Å². The summed E-state index contributed by atoms with van der Waals surface area (Å²) >= 11 is 0. The Hall–Kier alpha value is -2.83. The van der Waals surface area contributed by atoms with E-state index >= 15 is 0 Å². The first-order valence-corrected chi connectivity index (χ1v) is 16.2. The van der Waals surface area contributed by atoms with Crippen LogP contribution < -0.4 is 15.5 Å². The van der Waals surface area contributed by atoms with Crippen LogP contribution in [0, 0.1) is 12.8 Å². The first-order chi connectivity index (χ1) is 20.7. The quantitative estimate of drug-likeness (QED) is 0.0601. The second-order valence-corrected chi connectivity index (χ2v) is 13.3. The van der Waals surface area contributed by atoms with Gasteiger partial charge in [0.2, 0.25) is 10.0 Å². The fourth-order valence-electron chi connectivity index (χ4n) is 4.97. The molecule has 1 aromatic carbocycles. The number of unbranched alkanes of at least 4 members (excludes halogenated alkanes) is 2. The van der Waals surface area contributed by atoms with Crippen LogP contribution >= 0.6 is 0 Å². The van der Waals surface area contributed by atoms with Crippen LogP contribution in [0.1, 0.15) is 57.0 Å². The predicted molar refractivity (Wildman–Crippen MR) is 161 cm³/mol. The number of aliphatic hydroxyl groups excluding tert-OH is 4. The summed E-state index contributed by atoms with van der Waals surface area (Å²) in [6, 6.07) is 4.72. The maximum Gasteiger partial charge on any atom is 0.276 e. The molecule has 8 N–H and O–H groups in total. The van der Waals surface area contributed by atoms with Gasteiger partial charge in [0.1, 0.15) is 5.69 Å². The Bertz CT molecular complexity index is 1370. The Balaban J connectivity index is 1.78. The van der Waals surface area contributed by atoms with Crippen LogP contribution in [-0.4, -0.2) is 110 Å². The number of carbonyl (C=O) groups excluding carboxylic acids is 1. The largest absolute Gasteiger partial charge is 0.395 e. The number of amides is 1. The second kappa shape index (κ2) is 15.4. The molecule has 16 heteroatoms. The number of aryl methyl sites for hydroxylation is 1. The topological polar surface area (TPSA) is 232 Å². The van der Waals surface area contributed by atoms with Gasteiger partial charge in [0, 0.05) is 0 Å². The van der Waals surface area contributed by atoms with E-state index < -0.39 is 64.4 Å². The predicted octanol–water partition coefficient (Wildman–Crippen LogP) is -1.45. The summed E-state index contributed by atoms with van der Waals surface area (Å²) in [7, 11) is -4.12. The van der Waals surface area contributed by atoms with Crippen molar-refractivity contribution in [1.29, 1.82) is 0 Å². The van der Waals surface area contributed by atoms with Crippen LogP contribution in [0.4, 0.5) is 0 Å². The van der Waals surface area contributed by atoms with E-state index in [1.54, 1.807) is 37.6 Å². The Kier molecular flexibility index (Phi) is 12.5. The molecule has 0 aliphatic carbocycles. The summed E-state index contributed by atoms with van der Waals surface area (Å²) in [5.74, 6) is -1.75. The average Bonchev–Trinajstić information content (AvgIpc) is 3.50. The third kappa shape index (κ3) is 8.45. The standard InChI is InChI=1S/C28H45N7O8S/c1-5-6-7-8-23-20(32-34-35(23)14-21-24(37)25(38)22(15-36)31-21)13-29-33-27(40)28(41,26(39)17(2)3)16-30-44(42,43)19-11-9-18(4)10-12-19/h9-13,17,21-22,24-26,30-31,36-39,41H,5-8,14-16H2,1-4H3,(H,33,40)/b29-13+/t21-,22-,24-,25-,26?,28?/m1/s1. The molecular formula is C28H45N7O8S. The van der Waals surface area contributed by atoms with Gasteiger partial charge in [-0.2, -0.15) is 5.10 Å². The van der Waals surface area contributed by atoms with E-state index in [0.717, 1.165) is 24.8 Å². The van der Waals surface area contributed by atoms with Crippen molar-refractivity contribution < 1.29 is 38.7 Å². The lowest BCUT2D eigenvalue weighted by molar-refractivity contribution is -0.155. The molecule has 0 saturated carbocycles. The first kappa shape index (κ1) is 35.6. The zero-order valence-corrected chi connectivity index (χ0v) is 26.3. The van der Waals surface area contributed by atoms with Crippen molar-refractivity contribution in [3.8, 4) is 0 Å². The van der Waals surface area contributed by atoms with Crippen LogP contribution in [0.15, 0.2) is 34.3 Å². The van der Waals surface area contributed by atoms with E-state index in [0.29, 0.717) is 17.8 Å². The SMILES string of the molecule is CCCCCc1c(/C=N/NC(=O)C(O)(CNS(=O)(=O)c2ccc(C)cc2)C(O)C(C)C)nnn1C[C@H]1N[C@H](CO)[C@@H](O)[C@@H]1O. The molecular weight excluding hydrogens is 594 g/mol. The van der Waals surface area contributed by atoms with Gasteiger partial charge in [-0.25, -0.2) is 23.2 Å². The molecule has 0 spiro atoms. The molecule has 44 heavy (non-hydrogen) atoms. The number of hydrogen-bond acceptors (Lipinski definition) is 12. The number of hydrogen-bond donors (Lipinski definition) is 8. The molecule has 1 aliphatic rings. The molecule has 1 aromatic heterocycles. The average molecular weight is 640 g/mol. The van der Waals surface area contributed by atoms with E-state index in [4.69, 9.17) is 0 Å². The lowest BCUT2D eigenvalue weighted by Gasteiger charge is -2.33. The number of aromatic nitrogens is 3.